The summed E-state index contributed by atoms with van der Waals surface area (Å²) in [5.41, 5.74) is 1.36. The van der Waals surface area contributed by atoms with Gasteiger partial charge in [-0.1, -0.05) is 37.7 Å². The van der Waals surface area contributed by atoms with Crippen LogP contribution in [0.4, 0.5) is 0 Å². The first kappa shape index (κ1) is 22.7. The van der Waals surface area contributed by atoms with Gasteiger partial charge in [0.05, 0.1) is 15.5 Å². The highest BCUT2D eigenvalue weighted by Gasteiger charge is 2.23. The van der Waals surface area contributed by atoms with Gasteiger partial charge < -0.3 is 8.83 Å². The lowest BCUT2D eigenvalue weighted by Gasteiger charge is -2.18. The topological polar surface area (TPSA) is 102 Å². The van der Waals surface area contributed by atoms with Gasteiger partial charge in [0.25, 0.3) is 5.22 Å². The predicted molar refractivity (Wildman–Crippen MR) is 124 cm³/mol. The van der Waals surface area contributed by atoms with Crippen LogP contribution in [0.25, 0.3) is 22.2 Å². The second-order valence-corrected chi connectivity index (χ2v) is 10.6. The molecule has 11 heteroatoms. The first-order chi connectivity index (χ1) is 15.4. The number of hydrogen-bond acceptors (Lipinski definition) is 9. The summed E-state index contributed by atoms with van der Waals surface area (Å²) in [7, 11) is -3.57. The molecule has 0 spiro atoms. The molecule has 0 fully saturated rings. The Hall–Kier alpha value is -2.47. The lowest BCUT2D eigenvalue weighted by molar-refractivity contribution is 0.445. The number of rotatable bonds is 9. The molecule has 0 atom stereocenters. The number of benzene rings is 1. The fourth-order valence-electron chi connectivity index (χ4n) is 3.08. The largest absolute Gasteiger partial charge is 0.440 e. The highest BCUT2D eigenvalue weighted by Crippen LogP contribution is 2.31. The average Bonchev–Trinajstić information content (AvgIpc) is 3.54. The third kappa shape index (κ3) is 4.65. The summed E-state index contributed by atoms with van der Waals surface area (Å²) in [6, 6.07) is 10.5. The van der Waals surface area contributed by atoms with Crippen molar-refractivity contribution in [2.75, 3.05) is 13.1 Å². The molecule has 0 aliphatic carbocycles. The Bertz CT molecular complexity index is 1290. The number of nitrogens with zero attached hydrogens (tertiary/aromatic N) is 4. The zero-order valence-electron chi connectivity index (χ0n) is 17.8. The van der Waals surface area contributed by atoms with E-state index in [1.165, 1.54) is 16.1 Å². The standard InChI is InChI=1S/C21H22N4O4S3/c1-4-25(5-2)32(26,27)16-9-6-8-15(12-16)19-23-24-21(29-19)31-13-17-14(3)28-20(22-17)18-10-7-11-30-18/h6-12H,4-5,13H2,1-3H3. The number of thiophene rings is 1. The Morgan fingerprint density at radius 2 is 1.88 bits per heavy atom. The molecule has 0 amide bonds. The first-order valence-electron chi connectivity index (χ1n) is 9.99. The molecule has 3 heterocycles. The molecular formula is C21H22N4O4S3. The molecule has 4 aromatic rings. The van der Waals surface area contributed by atoms with Crippen LogP contribution in [0.5, 0.6) is 0 Å². The van der Waals surface area contributed by atoms with E-state index in [1.807, 2.05) is 38.3 Å². The van der Waals surface area contributed by atoms with Crippen LogP contribution in [0.15, 0.2) is 60.7 Å². The molecule has 32 heavy (non-hydrogen) atoms. The maximum absolute atomic E-state index is 12.8. The Morgan fingerprint density at radius 1 is 1.06 bits per heavy atom. The zero-order valence-corrected chi connectivity index (χ0v) is 20.3. The quantitative estimate of drug-likeness (QED) is 0.299. The van der Waals surface area contributed by atoms with Crippen LogP contribution in [0.2, 0.25) is 0 Å². The van der Waals surface area contributed by atoms with E-state index in [2.05, 4.69) is 15.2 Å². The van der Waals surface area contributed by atoms with Crippen LogP contribution in [0, 0.1) is 6.92 Å². The monoisotopic (exact) mass is 490 g/mol. The first-order valence-corrected chi connectivity index (χ1v) is 13.3. The van der Waals surface area contributed by atoms with Crippen LogP contribution in [0.1, 0.15) is 25.3 Å². The van der Waals surface area contributed by atoms with E-state index in [1.54, 1.807) is 35.6 Å². The average molecular weight is 491 g/mol. The number of oxazole rings is 1. The van der Waals surface area contributed by atoms with E-state index in [9.17, 15) is 8.42 Å². The third-order valence-corrected chi connectivity index (χ3v) is 8.52. The zero-order chi connectivity index (χ0) is 22.7. The maximum Gasteiger partial charge on any atom is 0.277 e. The minimum atomic E-state index is -3.57. The number of thioether (sulfide) groups is 1. The van der Waals surface area contributed by atoms with Gasteiger partial charge in [-0.15, -0.1) is 21.5 Å². The molecule has 0 saturated heterocycles. The van der Waals surface area contributed by atoms with Crippen LogP contribution >= 0.6 is 23.1 Å². The Balaban J connectivity index is 1.49. The molecule has 0 unspecified atom stereocenters. The van der Waals surface area contributed by atoms with Gasteiger partial charge in [-0.2, -0.15) is 4.31 Å². The van der Waals surface area contributed by atoms with E-state index in [-0.39, 0.29) is 10.8 Å². The van der Waals surface area contributed by atoms with E-state index >= 15 is 0 Å². The van der Waals surface area contributed by atoms with Crippen molar-refractivity contribution in [3.63, 3.8) is 0 Å². The molecule has 3 aromatic heterocycles. The summed E-state index contributed by atoms with van der Waals surface area (Å²) in [5.74, 6) is 2.12. The molecule has 1 aromatic carbocycles. The van der Waals surface area contributed by atoms with Gasteiger partial charge >= 0.3 is 0 Å². The van der Waals surface area contributed by atoms with E-state index in [0.717, 1.165) is 16.3 Å². The summed E-state index contributed by atoms with van der Waals surface area (Å²) in [6.45, 7) is 6.31. The summed E-state index contributed by atoms with van der Waals surface area (Å²) in [6.07, 6.45) is 0. The molecule has 0 saturated carbocycles. The van der Waals surface area contributed by atoms with Gasteiger partial charge in [0.2, 0.25) is 21.8 Å². The van der Waals surface area contributed by atoms with Crippen molar-refractivity contribution in [1.82, 2.24) is 19.5 Å². The van der Waals surface area contributed by atoms with Crippen molar-refractivity contribution < 1.29 is 17.3 Å². The Morgan fingerprint density at radius 3 is 2.59 bits per heavy atom. The van der Waals surface area contributed by atoms with Crippen LogP contribution < -0.4 is 0 Å². The second-order valence-electron chi connectivity index (χ2n) is 6.78. The highest BCUT2D eigenvalue weighted by molar-refractivity contribution is 7.98. The Labute approximate surface area is 194 Å². The fourth-order valence-corrected chi connectivity index (χ4v) is 6.00. The van der Waals surface area contributed by atoms with Crippen molar-refractivity contribution >= 4 is 33.1 Å². The normalized spacial score (nSPS) is 12.0. The maximum atomic E-state index is 12.8. The predicted octanol–water partition coefficient (Wildman–Crippen LogP) is 5.08. The highest BCUT2D eigenvalue weighted by atomic mass is 32.2. The van der Waals surface area contributed by atoms with Gasteiger partial charge in [0, 0.05) is 24.4 Å². The van der Waals surface area contributed by atoms with Crippen LogP contribution in [-0.4, -0.2) is 41.0 Å². The molecule has 0 radical (unpaired) electrons. The van der Waals surface area contributed by atoms with Crippen molar-refractivity contribution in [2.24, 2.45) is 0 Å². The number of aromatic nitrogens is 3. The van der Waals surface area contributed by atoms with Gasteiger partial charge in [-0.3, -0.25) is 0 Å². The van der Waals surface area contributed by atoms with Crippen molar-refractivity contribution in [3.05, 3.63) is 53.2 Å². The molecule has 0 bridgehead atoms. The fraction of sp³-hybridized carbons (Fsp3) is 0.286. The number of hydrogen-bond donors (Lipinski definition) is 0. The molecule has 0 N–H and O–H groups in total. The van der Waals surface area contributed by atoms with Gasteiger partial charge in [0.1, 0.15) is 5.76 Å². The summed E-state index contributed by atoms with van der Waals surface area (Å²) < 4.78 is 38.5. The van der Waals surface area contributed by atoms with Crippen LogP contribution in [-0.2, 0) is 15.8 Å². The summed E-state index contributed by atoms with van der Waals surface area (Å²) in [5, 5.41) is 10.5. The summed E-state index contributed by atoms with van der Waals surface area (Å²) >= 11 is 2.92. The van der Waals surface area contributed by atoms with Crippen molar-refractivity contribution in [1.29, 1.82) is 0 Å². The van der Waals surface area contributed by atoms with E-state index in [0.29, 0.717) is 35.5 Å². The third-order valence-electron chi connectivity index (χ3n) is 4.79. The minimum Gasteiger partial charge on any atom is -0.440 e. The lowest BCUT2D eigenvalue weighted by atomic mass is 10.2. The van der Waals surface area contributed by atoms with Crippen molar-refractivity contribution in [3.8, 4) is 22.2 Å². The number of sulfonamides is 1. The molecule has 0 aliphatic heterocycles. The minimum absolute atomic E-state index is 0.199. The Kier molecular flexibility index (Phi) is 6.79. The smallest absolute Gasteiger partial charge is 0.277 e. The molecule has 8 nitrogen and oxygen atoms in total. The SMILES string of the molecule is CCN(CC)S(=O)(=O)c1cccc(-c2nnc(SCc3nc(-c4cccs4)oc3C)o2)c1. The molecule has 168 valence electrons. The van der Waals surface area contributed by atoms with E-state index < -0.39 is 10.0 Å². The van der Waals surface area contributed by atoms with E-state index in [4.69, 9.17) is 8.83 Å². The molecule has 4 rings (SSSR count). The lowest BCUT2D eigenvalue weighted by Crippen LogP contribution is -2.30. The van der Waals surface area contributed by atoms with Gasteiger partial charge in [-0.25, -0.2) is 13.4 Å². The van der Waals surface area contributed by atoms with Gasteiger partial charge in [0.15, 0.2) is 0 Å². The van der Waals surface area contributed by atoms with Gasteiger partial charge in [-0.05, 0) is 36.6 Å². The van der Waals surface area contributed by atoms with Crippen molar-refractivity contribution in [2.45, 2.75) is 36.6 Å². The summed E-state index contributed by atoms with van der Waals surface area (Å²) in [4.78, 5) is 5.74. The number of aryl methyl sites for hydroxylation is 1. The van der Waals surface area contributed by atoms with Crippen LogP contribution in [0.3, 0.4) is 0 Å². The second kappa shape index (κ2) is 9.57. The molecular weight excluding hydrogens is 468 g/mol. The molecule has 0 aliphatic rings.